The normalized spacial score (nSPS) is 18.5. The molecule has 0 bridgehead atoms. The van der Waals surface area contributed by atoms with Gasteiger partial charge in [0.25, 0.3) is 0 Å². The topological polar surface area (TPSA) is 21.3 Å². The van der Waals surface area contributed by atoms with E-state index in [1.54, 1.807) is 18.4 Å². The van der Waals surface area contributed by atoms with Crippen LogP contribution in [0.3, 0.4) is 0 Å². The number of thiophene rings is 1. The number of ether oxygens (including phenoxy) is 1. The van der Waals surface area contributed by atoms with E-state index in [9.17, 15) is 0 Å². The second-order valence-corrected chi connectivity index (χ2v) is 5.27. The third-order valence-electron chi connectivity index (χ3n) is 3.37. The Kier molecular flexibility index (Phi) is 3.65. The minimum absolute atomic E-state index is 0.644. The summed E-state index contributed by atoms with van der Waals surface area (Å²) in [6.45, 7) is 3.24. The average molecular weight is 225 g/mol. The molecule has 1 heterocycles. The summed E-state index contributed by atoms with van der Waals surface area (Å²) in [6, 6.07) is 2.68. The summed E-state index contributed by atoms with van der Waals surface area (Å²) in [4.78, 5) is 1.31. The Morgan fingerprint density at radius 2 is 2.40 bits per heavy atom. The Balaban J connectivity index is 1.81. The first-order valence-electron chi connectivity index (χ1n) is 5.65. The molecule has 1 atom stereocenters. The van der Waals surface area contributed by atoms with Crippen molar-refractivity contribution in [2.45, 2.75) is 38.8 Å². The van der Waals surface area contributed by atoms with Crippen molar-refractivity contribution in [1.29, 1.82) is 0 Å². The molecule has 1 aromatic rings. The maximum absolute atomic E-state index is 5.29. The third-order valence-corrected chi connectivity index (χ3v) is 4.27. The molecule has 1 fully saturated rings. The minimum Gasteiger partial charge on any atom is -0.496 e. The van der Waals surface area contributed by atoms with Crippen LogP contribution in [0.4, 0.5) is 0 Å². The summed E-state index contributed by atoms with van der Waals surface area (Å²) in [5.74, 6) is 1.92. The van der Waals surface area contributed by atoms with Crippen LogP contribution in [0.5, 0.6) is 5.75 Å². The maximum Gasteiger partial charge on any atom is 0.134 e. The van der Waals surface area contributed by atoms with Crippen molar-refractivity contribution < 1.29 is 4.74 Å². The highest BCUT2D eigenvalue weighted by Gasteiger charge is 2.23. The van der Waals surface area contributed by atoms with Gasteiger partial charge in [0.15, 0.2) is 0 Å². The van der Waals surface area contributed by atoms with Gasteiger partial charge in [0, 0.05) is 12.6 Å². The average Bonchev–Trinajstić information content (AvgIpc) is 2.58. The lowest BCUT2D eigenvalue weighted by atomic mass is 9.80. The van der Waals surface area contributed by atoms with E-state index in [2.05, 4.69) is 17.6 Å². The van der Waals surface area contributed by atoms with Crippen LogP contribution in [-0.2, 0) is 6.54 Å². The lowest BCUT2D eigenvalue weighted by Crippen LogP contribution is -2.36. The van der Waals surface area contributed by atoms with Crippen molar-refractivity contribution in [1.82, 2.24) is 5.32 Å². The van der Waals surface area contributed by atoms with E-state index in [1.165, 1.54) is 24.1 Å². The predicted octanol–water partition coefficient (Wildman–Crippen LogP) is 3.03. The van der Waals surface area contributed by atoms with Crippen molar-refractivity contribution in [3.05, 3.63) is 16.3 Å². The molecule has 1 unspecified atom stereocenters. The van der Waals surface area contributed by atoms with Crippen LogP contribution in [-0.4, -0.2) is 13.2 Å². The molecule has 84 valence electrons. The van der Waals surface area contributed by atoms with E-state index in [1.807, 2.05) is 6.07 Å². The quantitative estimate of drug-likeness (QED) is 0.831. The van der Waals surface area contributed by atoms with Gasteiger partial charge in [-0.3, -0.25) is 0 Å². The van der Waals surface area contributed by atoms with Crippen LogP contribution >= 0.6 is 11.3 Å². The van der Waals surface area contributed by atoms with Gasteiger partial charge in [-0.2, -0.15) is 0 Å². The lowest BCUT2D eigenvalue weighted by molar-refractivity contribution is 0.240. The van der Waals surface area contributed by atoms with Crippen molar-refractivity contribution in [3.8, 4) is 5.75 Å². The van der Waals surface area contributed by atoms with Crippen molar-refractivity contribution in [2.24, 2.45) is 5.92 Å². The smallest absolute Gasteiger partial charge is 0.134 e. The standard InChI is InChI=1S/C12H19NOS/c1-9(10-4-3-5-10)13-8-12-11(14-2)6-7-15-12/h6-7,9-10,13H,3-5,8H2,1-2H3. The van der Waals surface area contributed by atoms with Crippen LogP contribution in [0.2, 0.25) is 0 Å². The van der Waals surface area contributed by atoms with Gasteiger partial charge in [-0.25, -0.2) is 0 Å². The van der Waals surface area contributed by atoms with E-state index >= 15 is 0 Å². The predicted molar refractivity (Wildman–Crippen MR) is 64.5 cm³/mol. The van der Waals surface area contributed by atoms with E-state index in [0.717, 1.165) is 18.2 Å². The highest BCUT2D eigenvalue weighted by atomic mass is 32.1. The molecule has 0 saturated heterocycles. The molecule has 3 heteroatoms. The maximum atomic E-state index is 5.29. The van der Waals surface area contributed by atoms with Gasteiger partial charge in [0.1, 0.15) is 5.75 Å². The second kappa shape index (κ2) is 4.99. The molecular formula is C12H19NOS. The monoisotopic (exact) mass is 225 g/mol. The number of nitrogens with one attached hydrogen (secondary N) is 1. The summed E-state index contributed by atoms with van der Waals surface area (Å²) < 4.78 is 5.29. The molecule has 1 aromatic heterocycles. The van der Waals surface area contributed by atoms with Gasteiger partial charge in [-0.1, -0.05) is 6.42 Å². The van der Waals surface area contributed by atoms with Crippen molar-refractivity contribution >= 4 is 11.3 Å². The Morgan fingerprint density at radius 1 is 1.60 bits per heavy atom. The van der Waals surface area contributed by atoms with Crippen LogP contribution in [0, 0.1) is 5.92 Å². The molecule has 1 N–H and O–H groups in total. The number of methoxy groups -OCH3 is 1. The van der Waals surface area contributed by atoms with Crippen LogP contribution in [0.15, 0.2) is 11.4 Å². The number of hydrogen-bond donors (Lipinski definition) is 1. The summed E-state index contributed by atoms with van der Waals surface area (Å²) in [7, 11) is 1.74. The molecule has 2 rings (SSSR count). The Bertz CT molecular complexity index is 306. The zero-order valence-electron chi connectivity index (χ0n) is 9.45. The van der Waals surface area contributed by atoms with Gasteiger partial charge in [-0.15, -0.1) is 11.3 Å². The molecular weight excluding hydrogens is 206 g/mol. The minimum atomic E-state index is 0.644. The molecule has 1 saturated carbocycles. The van der Waals surface area contributed by atoms with Gasteiger partial charge in [0.05, 0.1) is 12.0 Å². The SMILES string of the molecule is COc1ccsc1CNC(C)C1CCC1. The summed E-state index contributed by atoms with van der Waals surface area (Å²) >= 11 is 1.77. The van der Waals surface area contributed by atoms with E-state index in [4.69, 9.17) is 4.74 Å². The Hall–Kier alpha value is -0.540. The summed E-state index contributed by atoms with van der Waals surface area (Å²) in [5, 5.41) is 5.68. The molecule has 0 spiro atoms. The Morgan fingerprint density at radius 3 is 3.00 bits per heavy atom. The molecule has 15 heavy (non-hydrogen) atoms. The molecule has 0 radical (unpaired) electrons. The fraction of sp³-hybridized carbons (Fsp3) is 0.667. The van der Waals surface area contributed by atoms with Gasteiger partial charge in [0.2, 0.25) is 0 Å². The zero-order chi connectivity index (χ0) is 10.7. The van der Waals surface area contributed by atoms with E-state index in [-0.39, 0.29) is 0 Å². The van der Waals surface area contributed by atoms with Crippen LogP contribution in [0.25, 0.3) is 0 Å². The van der Waals surface area contributed by atoms with E-state index < -0.39 is 0 Å². The first-order valence-corrected chi connectivity index (χ1v) is 6.53. The van der Waals surface area contributed by atoms with Crippen LogP contribution < -0.4 is 10.1 Å². The third kappa shape index (κ3) is 2.52. The fourth-order valence-electron chi connectivity index (χ4n) is 2.00. The molecule has 1 aliphatic carbocycles. The number of hydrogen-bond acceptors (Lipinski definition) is 3. The first-order chi connectivity index (χ1) is 7.31. The van der Waals surface area contributed by atoms with E-state index in [0.29, 0.717) is 6.04 Å². The lowest BCUT2D eigenvalue weighted by Gasteiger charge is -2.32. The second-order valence-electron chi connectivity index (χ2n) is 4.27. The van der Waals surface area contributed by atoms with Gasteiger partial charge < -0.3 is 10.1 Å². The number of rotatable bonds is 5. The Labute approximate surface area is 95.6 Å². The molecule has 0 aliphatic heterocycles. The molecule has 2 nitrogen and oxygen atoms in total. The largest absolute Gasteiger partial charge is 0.496 e. The zero-order valence-corrected chi connectivity index (χ0v) is 10.3. The molecule has 1 aliphatic rings. The summed E-state index contributed by atoms with van der Waals surface area (Å²) in [5.41, 5.74) is 0. The summed E-state index contributed by atoms with van der Waals surface area (Å²) in [6.07, 6.45) is 4.21. The van der Waals surface area contributed by atoms with Gasteiger partial charge in [-0.05, 0) is 37.1 Å². The first kappa shape index (κ1) is 11.0. The van der Waals surface area contributed by atoms with Crippen LogP contribution in [0.1, 0.15) is 31.1 Å². The highest BCUT2D eigenvalue weighted by molar-refractivity contribution is 7.10. The van der Waals surface area contributed by atoms with Crippen molar-refractivity contribution in [3.63, 3.8) is 0 Å². The highest BCUT2D eigenvalue weighted by Crippen LogP contribution is 2.30. The molecule has 0 aromatic carbocycles. The van der Waals surface area contributed by atoms with Gasteiger partial charge >= 0.3 is 0 Å². The van der Waals surface area contributed by atoms with Crippen molar-refractivity contribution in [2.75, 3.05) is 7.11 Å². The molecule has 0 amide bonds. The fourth-order valence-corrected chi connectivity index (χ4v) is 2.79.